The summed E-state index contributed by atoms with van der Waals surface area (Å²) in [6.07, 6.45) is 0. The summed E-state index contributed by atoms with van der Waals surface area (Å²) < 4.78 is 5.90. The predicted molar refractivity (Wildman–Crippen MR) is 69.6 cm³/mol. The van der Waals surface area contributed by atoms with E-state index in [1.165, 1.54) is 0 Å². The van der Waals surface area contributed by atoms with Crippen molar-refractivity contribution in [2.75, 3.05) is 20.3 Å². The molecule has 0 bridgehead atoms. The molecule has 0 aliphatic heterocycles. The number of ether oxygens (including phenoxy) is 1. The number of rotatable bonds is 5. The van der Waals surface area contributed by atoms with Gasteiger partial charge >= 0.3 is 0 Å². The molecule has 5 heteroatoms. The molecule has 0 radical (unpaired) electrons. The van der Waals surface area contributed by atoms with E-state index in [2.05, 4.69) is 27.3 Å². The molecule has 1 unspecified atom stereocenters. The summed E-state index contributed by atoms with van der Waals surface area (Å²) >= 11 is 3.38. The first-order chi connectivity index (χ1) is 7.27. The molecule has 1 atom stereocenters. The van der Waals surface area contributed by atoms with E-state index >= 15 is 0 Å². The van der Waals surface area contributed by atoms with Crippen LogP contribution in [0.25, 0.3) is 0 Å². The number of methoxy groups -OCH3 is 1. The fourth-order valence-corrected chi connectivity index (χ4v) is 1.65. The Morgan fingerprint density at radius 1 is 1.56 bits per heavy atom. The van der Waals surface area contributed by atoms with Gasteiger partial charge in [0.15, 0.2) is 0 Å². The average Bonchev–Trinajstić information content (AvgIpc) is 2.24. The van der Waals surface area contributed by atoms with Crippen molar-refractivity contribution in [3.8, 4) is 6.07 Å². The number of hydrogen-bond acceptors (Lipinski definition) is 3. The number of halogens is 2. The van der Waals surface area contributed by atoms with Crippen LogP contribution in [0.4, 0.5) is 0 Å². The van der Waals surface area contributed by atoms with Crippen LogP contribution in [0.3, 0.4) is 0 Å². The third-order valence-corrected chi connectivity index (χ3v) is 2.46. The first-order valence-corrected chi connectivity index (χ1v) is 5.44. The predicted octanol–water partition coefficient (Wildman–Crippen LogP) is 2.67. The Bertz CT molecular complexity index is 354. The van der Waals surface area contributed by atoms with Crippen molar-refractivity contribution in [1.29, 1.82) is 5.26 Å². The zero-order valence-electron chi connectivity index (χ0n) is 8.94. The third-order valence-electron chi connectivity index (χ3n) is 1.97. The van der Waals surface area contributed by atoms with E-state index in [-0.39, 0.29) is 18.4 Å². The molecule has 1 aromatic rings. The Kier molecular flexibility index (Phi) is 8.22. The molecule has 3 nitrogen and oxygen atoms in total. The van der Waals surface area contributed by atoms with Crippen molar-refractivity contribution < 1.29 is 4.74 Å². The molecule has 1 N–H and O–H groups in total. The van der Waals surface area contributed by atoms with Crippen LogP contribution in [0.2, 0.25) is 0 Å². The smallest absolute Gasteiger partial charge is 0.121 e. The minimum Gasteiger partial charge on any atom is -0.383 e. The molecule has 0 saturated carbocycles. The maximum absolute atomic E-state index is 9.00. The molecule has 16 heavy (non-hydrogen) atoms. The van der Waals surface area contributed by atoms with Crippen molar-refractivity contribution in [3.63, 3.8) is 0 Å². The van der Waals surface area contributed by atoms with E-state index in [9.17, 15) is 0 Å². The molecule has 0 aliphatic carbocycles. The van der Waals surface area contributed by atoms with Crippen molar-refractivity contribution in [2.45, 2.75) is 6.04 Å². The Labute approximate surface area is 110 Å². The number of benzene rings is 1. The average molecular weight is 306 g/mol. The van der Waals surface area contributed by atoms with Crippen LogP contribution in [-0.2, 0) is 4.74 Å². The van der Waals surface area contributed by atoms with Gasteiger partial charge in [-0.3, -0.25) is 5.32 Å². The van der Waals surface area contributed by atoms with Crippen LogP contribution in [0.5, 0.6) is 0 Å². The second-order valence-electron chi connectivity index (χ2n) is 3.06. The summed E-state index contributed by atoms with van der Waals surface area (Å²) in [5.41, 5.74) is 0.961. The van der Waals surface area contributed by atoms with E-state index < -0.39 is 0 Å². The lowest BCUT2D eigenvalue weighted by Crippen LogP contribution is -2.23. The molecule has 0 heterocycles. The van der Waals surface area contributed by atoms with E-state index in [4.69, 9.17) is 10.00 Å². The normalized spacial score (nSPS) is 11.3. The second kappa shape index (κ2) is 8.54. The lowest BCUT2D eigenvalue weighted by molar-refractivity contribution is 0.198. The van der Waals surface area contributed by atoms with Gasteiger partial charge in [-0.05, 0) is 17.7 Å². The minimum atomic E-state index is -0.280. The molecule has 1 rings (SSSR count). The maximum Gasteiger partial charge on any atom is 0.121 e. The van der Waals surface area contributed by atoms with Crippen molar-refractivity contribution in [3.05, 3.63) is 34.3 Å². The largest absolute Gasteiger partial charge is 0.383 e. The maximum atomic E-state index is 9.00. The highest BCUT2D eigenvalue weighted by Crippen LogP contribution is 2.17. The number of hydrogen-bond donors (Lipinski definition) is 1. The molecule has 0 aromatic heterocycles. The zero-order chi connectivity index (χ0) is 11.1. The lowest BCUT2D eigenvalue weighted by atomic mass is 10.1. The molecule has 0 amide bonds. The van der Waals surface area contributed by atoms with E-state index in [1.54, 1.807) is 7.11 Å². The van der Waals surface area contributed by atoms with Gasteiger partial charge in [-0.25, -0.2) is 0 Å². The van der Waals surface area contributed by atoms with Crippen LogP contribution >= 0.6 is 28.3 Å². The van der Waals surface area contributed by atoms with Gasteiger partial charge in [0.1, 0.15) is 6.04 Å². The molecular formula is C11H14BrClN2O. The fraction of sp³-hybridized carbons (Fsp3) is 0.364. The quantitative estimate of drug-likeness (QED) is 0.851. The summed E-state index contributed by atoms with van der Waals surface area (Å²) in [5, 5.41) is 12.1. The first kappa shape index (κ1) is 15.4. The van der Waals surface area contributed by atoms with Crippen LogP contribution < -0.4 is 5.32 Å². The second-order valence-corrected chi connectivity index (χ2v) is 3.98. The molecule has 88 valence electrons. The Balaban J connectivity index is 0.00000225. The van der Waals surface area contributed by atoms with Gasteiger partial charge in [-0.2, -0.15) is 5.26 Å². The van der Waals surface area contributed by atoms with E-state index in [0.29, 0.717) is 13.2 Å². The summed E-state index contributed by atoms with van der Waals surface area (Å²) in [5.74, 6) is 0. The minimum absolute atomic E-state index is 0. The third kappa shape index (κ3) is 4.95. The highest BCUT2D eigenvalue weighted by atomic mass is 79.9. The Morgan fingerprint density at radius 3 is 2.88 bits per heavy atom. The number of nitrogens with one attached hydrogen (secondary N) is 1. The summed E-state index contributed by atoms with van der Waals surface area (Å²) in [6.45, 7) is 1.27. The van der Waals surface area contributed by atoms with E-state index in [0.717, 1.165) is 10.0 Å². The van der Waals surface area contributed by atoms with Crippen LogP contribution in [0.15, 0.2) is 28.7 Å². The molecule has 1 aromatic carbocycles. The monoisotopic (exact) mass is 304 g/mol. The molecular weight excluding hydrogens is 291 g/mol. The molecule has 0 saturated heterocycles. The van der Waals surface area contributed by atoms with E-state index in [1.807, 2.05) is 24.3 Å². The SMILES string of the molecule is COCCNC(C#N)c1cccc(Br)c1.Cl. The van der Waals surface area contributed by atoms with Crippen molar-refractivity contribution in [2.24, 2.45) is 0 Å². The highest BCUT2D eigenvalue weighted by molar-refractivity contribution is 9.10. The van der Waals surface area contributed by atoms with Gasteiger partial charge in [0.05, 0.1) is 12.7 Å². The summed E-state index contributed by atoms with van der Waals surface area (Å²) in [6, 6.07) is 9.66. The van der Waals surface area contributed by atoms with Gasteiger partial charge in [0, 0.05) is 18.1 Å². The molecule has 0 fully saturated rings. The molecule has 0 aliphatic rings. The zero-order valence-corrected chi connectivity index (χ0v) is 11.3. The number of nitrogens with zero attached hydrogens (tertiary/aromatic N) is 1. The van der Waals surface area contributed by atoms with Gasteiger partial charge < -0.3 is 4.74 Å². The van der Waals surface area contributed by atoms with Crippen LogP contribution in [0, 0.1) is 11.3 Å². The van der Waals surface area contributed by atoms with Crippen LogP contribution in [0.1, 0.15) is 11.6 Å². The fourth-order valence-electron chi connectivity index (χ4n) is 1.23. The molecule has 0 spiro atoms. The van der Waals surface area contributed by atoms with Gasteiger partial charge in [-0.15, -0.1) is 12.4 Å². The lowest BCUT2D eigenvalue weighted by Gasteiger charge is -2.11. The Morgan fingerprint density at radius 2 is 2.31 bits per heavy atom. The van der Waals surface area contributed by atoms with Crippen LogP contribution in [-0.4, -0.2) is 20.3 Å². The summed E-state index contributed by atoms with van der Waals surface area (Å²) in [4.78, 5) is 0. The first-order valence-electron chi connectivity index (χ1n) is 4.65. The Hall–Kier alpha value is -0.600. The van der Waals surface area contributed by atoms with Crippen molar-refractivity contribution >= 4 is 28.3 Å². The summed E-state index contributed by atoms with van der Waals surface area (Å²) in [7, 11) is 1.64. The van der Waals surface area contributed by atoms with Gasteiger partial charge in [0.25, 0.3) is 0 Å². The van der Waals surface area contributed by atoms with Crippen molar-refractivity contribution in [1.82, 2.24) is 5.32 Å². The van der Waals surface area contributed by atoms with Gasteiger partial charge in [0.2, 0.25) is 0 Å². The van der Waals surface area contributed by atoms with Gasteiger partial charge in [-0.1, -0.05) is 28.1 Å². The standard InChI is InChI=1S/C11H13BrN2O.ClH/c1-15-6-5-14-11(8-13)9-3-2-4-10(12)7-9;/h2-4,7,11,14H,5-6H2,1H3;1H. The topological polar surface area (TPSA) is 45.0 Å². The highest BCUT2D eigenvalue weighted by Gasteiger charge is 2.08. The number of nitriles is 1.